The highest BCUT2D eigenvalue weighted by Gasteiger charge is 2.29. The van der Waals surface area contributed by atoms with E-state index in [0.717, 1.165) is 117 Å². The molecule has 0 aliphatic rings. The van der Waals surface area contributed by atoms with Crippen LogP contribution < -0.4 is 105 Å². The van der Waals surface area contributed by atoms with E-state index in [2.05, 4.69) is 125 Å². The highest BCUT2D eigenvalue weighted by atomic mass is 16.2. The van der Waals surface area contributed by atoms with Crippen molar-refractivity contribution >= 4 is 56.9 Å². The van der Waals surface area contributed by atoms with Crippen molar-refractivity contribution in [3.8, 4) is 0 Å². The number of anilines is 10. The second-order valence-electron chi connectivity index (χ2n) is 30.2. The second-order valence-corrected chi connectivity index (χ2v) is 30.2. The summed E-state index contributed by atoms with van der Waals surface area (Å²) < 4.78 is 0. The summed E-state index contributed by atoms with van der Waals surface area (Å²) in [4.78, 5) is 126. The smallest absolute Gasteiger partial charge is 0.253 e. The summed E-state index contributed by atoms with van der Waals surface area (Å²) in [5.41, 5.74) is 3.12. The first-order valence-corrected chi connectivity index (χ1v) is 32.6. The molecule has 4 N–H and O–H groups in total. The van der Waals surface area contributed by atoms with E-state index in [0.29, 0.717) is 90.5 Å². The lowest BCUT2D eigenvalue weighted by Gasteiger charge is -2.27. The molecule has 0 amide bonds. The Morgan fingerprint density at radius 3 is 0.878 bits per heavy atom. The lowest BCUT2D eigenvalue weighted by atomic mass is 9.90. The zero-order chi connectivity index (χ0) is 69.8. The van der Waals surface area contributed by atoms with Crippen LogP contribution >= 0.6 is 0 Å². The van der Waals surface area contributed by atoms with Crippen molar-refractivity contribution in [3.05, 3.63) is 102 Å². The summed E-state index contributed by atoms with van der Waals surface area (Å²) in [6, 6.07) is 0. The molecule has 0 atom stereocenters. The average Bonchev–Trinajstić information content (AvgIpc) is 0.829. The van der Waals surface area contributed by atoms with Crippen molar-refractivity contribution in [2.45, 2.75) is 196 Å². The highest BCUT2D eigenvalue weighted by Crippen LogP contribution is 2.28. The maximum Gasteiger partial charge on any atom is 0.253 e. The lowest BCUT2D eigenvalue weighted by molar-refractivity contribution is 0.367. The van der Waals surface area contributed by atoms with E-state index < -0.39 is 5.43 Å². The summed E-state index contributed by atoms with van der Waals surface area (Å²) in [6.45, 7) is 47.6. The van der Waals surface area contributed by atoms with Crippen LogP contribution in [0.5, 0.6) is 0 Å². The lowest BCUT2D eigenvalue weighted by Crippen LogP contribution is -2.43. The molecule has 0 unspecified atom stereocenters. The van der Waals surface area contributed by atoms with Gasteiger partial charge in [0, 0.05) is 108 Å². The largest absolute Gasteiger partial charge is 0.383 e. The predicted molar refractivity (Wildman–Crippen MR) is 388 cm³/mol. The molecule has 0 saturated heterocycles. The van der Waals surface area contributed by atoms with Gasteiger partial charge in [-0.2, -0.15) is 0 Å². The van der Waals surface area contributed by atoms with E-state index in [9.17, 15) is 47.9 Å². The topological polar surface area (TPSA) is 238 Å². The monoisotopic (exact) mass is 1260 g/mol. The molecule has 0 radical (unpaired) electrons. The van der Waals surface area contributed by atoms with Crippen molar-refractivity contribution < 1.29 is 0 Å². The Bertz CT molecular complexity index is 3370. The molecule has 0 aliphatic carbocycles. The minimum Gasteiger partial charge on any atom is -0.383 e. The van der Waals surface area contributed by atoms with Crippen molar-refractivity contribution in [1.82, 2.24) is 0 Å². The Labute approximate surface area is 538 Å². The van der Waals surface area contributed by atoms with Gasteiger partial charge in [0.2, 0.25) is 0 Å². The molecule has 0 bridgehead atoms. The molecular formula is C70H120N10O10. The first-order chi connectivity index (χ1) is 41.3. The maximum absolute atomic E-state index is 11.6. The normalized spacial score (nSPS) is 11.8. The van der Waals surface area contributed by atoms with E-state index in [-0.39, 0.29) is 48.9 Å². The fourth-order valence-electron chi connectivity index (χ4n) is 10.2. The number of hydrogen-bond donors (Lipinski definition) is 4. The number of rotatable bonds is 29. The molecule has 5 rings (SSSR count). The van der Waals surface area contributed by atoms with Gasteiger partial charge in [0.1, 0.15) is 56.9 Å². The third-order valence-corrected chi connectivity index (χ3v) is 15.6. The van der Waals surface area contributed by atoms with Gasteiger partial charge in [-0.25, -0.2) is 0 Å². The first-order valence-electron chi connectivity index (χ1n) is 32.6. The quantitative estimate of drug-likeness (QED) is 0.0257. The second kappa shape index (κ2) is 35.3. The zero-order valence-corrected chi connectivity index (χ0v) is 60.7. The van der Waals surface area contributed by atoms with E-state index in [1.54, 1.807) is 26.0 Å². The Hall–Kier alpha value is -6.60. The van der Waals surface area contributed by atoms with Gasteiger partial charge in [0.05, 0.1) is 0 Å². The molecule has 0 aromatic heterocycles. The summed E-state index contributed by atoms with van der Waals surface area (Å²) in [5.74, 6) is 0. The molecule has 90 heavy (non-hydrogen) atoms. The van der Waals surface area contributed by atoms with Gasteiger partial charge >= 0.3 is 0 Å². The Kier molecular flexibility index (Phi) is 31.9. The number of hydrogen-bond acceptors (Lipinski definition) is 20. The fraction of sp³-hybridized carbons (Fsp3) is 0.714. The Balaban J connectivity index is 0.000000563. The molecule has 510 valence electrons. The van der Waals surface area contributed by atoms with E-state index in [1.807, 2.05) is 80.4 Å². The number of nitrogens with zero attached hydrogens (tertiary/aromatic N) is 6. The third kappa shape index (κ3) is 24.9. The standard InChI is InChI=1S/C15H26N2O2.3C14H24N2O2.C13H22N2O2/c1-6-17(7-2)12-11(13(18)14(12)19)16-10-8-9-15(3,4)5;1-14(2,3)8-7-9-16(6)11-10(15(4)5)12(17)13(11)18;1-6-16(5)11-10(12(17)13(11)18)15-9-7-8-14(2,3)4;1-6-15-10-11(13(18)12(10)17)16(5)9-7-8-14(2,3)4;1-13(2,3)7-6-8-15(5)10-9(14-4)11(16)12(10)17/h16H,6-10H2,1-5H3;7-9H2,1-6H3;2*15H,6-9H2,1-5H3;14H,6-8H2,1-5H3. The highest BCUT2D eigenvalue weighted by molar-refractivity contribution is 5.78. The van der Waals surface area contributed by atoms with Gasteiger partial charge in [-0.3, -0.25) is 47.9 Å². The molecule has 5 aromatic carbocycles. The van der Waals surface area contributed by atoms with Gasteiger partial charge in [0.15, 0.2) is 0 Å². The molecule has 20 heteroatoms. The minimum atomic E-state index is -0.398. The van der Waals surface area contributed by atoms with Crippen LogP contribution in [0.4, 0.5) is 56.9 Å². The maximum atomic E-state index is 11.6. The molecular weight excluding hydrogens is 1140 g/mol. The van der Waals surface area contributed by atoms with Gasteiger partial charge in [0.25, 0.3) is 54.3 Å². The van der Waals surface area contributed by atoms with E-state index >= 15 is 0 Å². The SMILES string of the molecule is CCN(C)c1c(NCCCC(C)(C)C)c(=O)c1=O.CCN(CC)c1c(NCCCC(C)(C)C)c(=O)c1=O.CCNc1c(N(C)CCCC(C)(C)C)c(=O)c1=O.CN(C)c1c(N(C)CCCC(C)(C)C)c(=O)c1=O.CNc1c(N(C)CCCC(C)(C)C)c(=O)c1=O. The van der Waals surface area contributed by atoms with Gasteiger partial charge in [-0.15, -0.1) is 0 Å². The van der Waals surface area contributed by atoms with Crippen LogP contribution in [0.1, 0.15) is 196 Å². The van der Waals surface area contributed by atoms with E-state index in [4.69, 9.17) is 0 Å². The fourth-order valence-corrected chi connectivity index (χ4v) is 10.2. The van der Waals surface area contributed by atoms with Crippen molar-refractivity contribution in [2.24, 2.45) is 27.1 Å². The summed E-state index contributed by atoms with van der Waals surface area (Å²) >= 11 is 0. The van der Waals surface area contributed by atoms with Crippen LogP contribution in [0.25, 0.3) is 0 Å². The molecule has 0 aliphatic heterocycles. The number of nitrogens with one attached hydrogen (secondary N) is 4. The van der Waals surface area contributed by atoms with Crippen LogP contribution in [-0.4, -0.2) is 108 Å². The summed E-state index contributed by atoms with van der Waals surface area (Å²) in [6.07, 6.45) is 10.5. The molecule has 20 nitrogen and oxygen atoms in total. The van der Waals surface area contributed by atoms with Crippen molar-refractivity contribution in [2.75, 3.05) is 159 Å². The molecule has 0 heterocycles. The van der Waals surface area contributed by atoms with Crippen LogP contribution in [0.15, 0.2) is 47.9 Å². The summed E-state index contributed by atoms with van der Waals surface area (Å²) in [7, 11) is 12.7. The molecule has 5 aromatic rings. The predicted octanol–water partition coefficient (Wildman–Crippen LogP) is 9.52. The third-order valence-electron chi connectivity index (χ3n) is 15.6. The van der Waals surface area contributed by atoms with Crippen LogP contribution in [0, 0.1) is 27.1 Å². The molecule has 0 spiro atoms. The van der Waals surface area contributed by atoms with Crippen molar-refractivity contribution in [3.63, 3.8) is 0 Å². The van der Waals surface area contributed by atoms with Crippen LogP contribution in [0.3, 0.4) is 0 Å². The van der Waals surface area contributed by atoms with Gasteiger partial charge in [-0.05, 0) is 119 Å². The minimum absolute atomic E-state index is 0.303. The van der Waals surface area contributed by atoms with Crippen LogP contribution in [0.2, 0.25) is 0 Å². The van der Waals surface area contributed by atoms with Crippen molar-refractivity contribution in [1.29, 1.82) is 0 Å². The Morgan fingerprint density at radius 1 is 0.300 bits per heavy atom. The van der Waals surface area contributed by atoms with Crippen LogP contribution in [-0.2, 0) is 0 Å². The van der Waals surface area contributed by atoms with Gasteiger partial charge < -0.3 is 50.7 Å². The Morgan fingerprint density at radius 2 is 0.567 bits per heavy atom. The molecule has 0 saturated carbocycles. The van der Waals surface area contributed by atoms with Gasteiger partial charge in [-0.1, -0.05) is 104 Å². The summed E-state index contributed by atoms with van der Waals surface area (Å²) in [5, 5.41) is 12.0. The average molecular weight is 1260 g/mol. The van der Waals surface area contributed by atoms with E-state index in [1.165, 1.54) is 0 Å². The first kappa shape index (κ1) is 81.4. The molecule has 0 fully saturated rings. The zero-order valence-electron chi connectivity index (χ0n) is 60.7.